The lowest BCUT2D eigenvalue weighted by molar-refractivity contribution is 0.263. The molecule has 3 heterocycles. The summed E-state index contributed by atoms with van der Waals surface area (Å²) in [5, 5.41) is 0.343. The number of anilines is 1. The highest BCUT2D eigenvalue weighted by molar-refractivity contribution is 6.28. The van der Waals surface area contributed by atoms with Gasteiger partial charge in [-0.3, -0.25) is 0 Å². The first kappa shape index (κ1) is 10.3. The van der Waals surface area contributed by atoms with E-state index in [1.807, 2.05) is 6.07 Å². The fourth-order valence-electron chi connectivity index (χ4n) is 2.96. The van der Waals surface area contributed by atoms with Gasteiger partial charge in [0, 0.05) is 31.4 Å². The van der Waals surface area contributed by atoms with E-state index in [2.05, 4.69) is 26.8 Å². The van der Waals surface area contributed by atoms with E-state index < -0.39 is 0 Å². The molecule has 0 N–H and O–H groups in total. The summed E-state index contributed by atoms with van der Waals surface area (Å²) in [6.07, 6.45) is 4.26. The second-order valence-electron chi connectivity index (χ2n) is 4.70. The highest BCUT2D eigenvalue weighted by Crippen LogP contribution is 2.33. The minimum absolute atomic E-state index is 0.343. The van der Waals surface area contributed by atoms with Crippen molar-refractivity contribution >= 4 is 17.4 Å². The van der Waals surface area contributed by atoms with Gasteiger partial charge in [-0.25, -0.2) is 9.97 Å². The molecule has 2 aliphatic rings. The highest BCUT2D eigenvalue weighted by atomic mass is 35.5. The van der Waals surface area contributed by atoms with Gasteiger partial charge in [0.1, 0.15) is 5.82 Å². The largest absolute Gasteiger partial charge is 0.348 e. The summed E-state index contributed by atoms with van der Waals surface area (Å²) < 4.78 is 0. The molecule has 0 radical (unpaired) electrons. The van der Waals surface area contributed by atoms with Gasteiger partial charge in [0.2, 0.25) is 5.28 Å². The lowest BCUT2D eigenvalue weighted by Crippen LogP contribution is -2.52. The van der Waals surface area contributed by atoms with E-state index in [4.69, 9.17) is 11.6 Å². The zero-order valence-corrected chi connectivity index (χ0v) is 10.1. The van der Waals surface area contributed by atoms with Crippen molar-refractivity contribution in [1.82, 2.24) is 14.9 Å². The summed E-state index contributed by atoms with van der Waals surface area (Å²) in [6.45, 7) is 2.25. The van der Waals surface area contributed by atoms with E-state index in [1.165, 1.54) is 12.8 Å². The lowest BCUT2D eigenvalue weighted by Gasteiger charge is -2.40. The van der Waals surface area contributed by atoms with Crippen LogP contribution in [0.2, 0.25) is 5.28 Å². The molecule has 2 atom stereocenters. The predicted octanol–water partition coefficient (Wildman–Crippen LogP) is 1.41. The van der Waals surface area contributed by atoms with Gasteiger partial charge in [0.25, 0.3) is 0 Å². The average molecular weight is 239 g/mol. The van der Waals surface area contributed by atoms with Crippen LogP contribution in [-0.4, -0.2) is 47.1 Å². The molecule has 0 saturated carbocycles. The van der Waals surface area contributed by atoms with Crippen LogP contribution in [0.4, 0.5) is 5.82 Å². The Morgan fingerprint density at radius 3 is 2.62 bits per heavy atom. The third kappa shape index (κ3) is 1.66. The molecule has 0 unspecified atom stereocenters. The van der Waals surface area contributed by atoms with Crippen molar-refractivity contribution < 1.29 is 0 Å². The van der Waals surface area contributed by atoms with Crippen molar-refractivity contribution in [2.75, 3.05) is 25.0 Å². The SMILES string of the molecule is CN1C[C@H]2CC[C@@H](C1)N2c1ccnc(Cl)n1. The van der Waals surface area contributed by atoms with Crippen LogP contribution in [-0.2, 0) is 0 Å². The molecule has 1 aromatic rings. The number of halogens is 1. The molecule has 0 aromatic carbocycles. The Kier molecular flexibility index (Phi) is 2.48. The molecule has 5 heteroatoms. The van der Waals surface area contributed by atoms with Crippen molar-refractivity contribution in [2.24, 2.45) is 0 Å². The van der Waals surface area contributed by atoms with E-state index >= 15 is 0 Å². The Bertz CT molecular complexity index is 383. The van der Waals surface area contributed by atoms with Gasteiger partial charge in [0.15, 0.2) is 0 Å². The third-order valence-electron chi connectivity index (χ3n) is 3.54. The summed E-state index contributed by atoms with van der Waals surface area (Å²) in [5.74, 6) is 0.987. The molecule has 16 heavy (non-hydrogen) atoms. The smallest absolute Gasteiger partial charge is 0.224 e. The first-order valence-corrected chi connectivity index (χ1v) is 6.07. The number of piperazine rings is 1. The minimum Gasteiger partial charge on any atom is -0.348 e. The summed E-state index contributed by atoms with van der Waals surface area (Å²) in [5.41, 5.74) is 0. The molecule has 0 amide bonds. The Morgan fingerprint density at radius 2 is 2.00 bits per heavy atom. The second-order valence-corrected chi connectivity index (χ2v) is 5.04. The van der Waals surface area contributed by atoms with E-state index in [0.29, 0.717) is 17.4 Å². The number of fused-ring (bicyclic) bond motifs is 2. The van der Waals surface area contributed by atoms with E-state index in [1.54, 1.807) is 6.20 Å². The number of hydrogen-bond acceptors (Lipinski definition) is 4. The van der Waals surface area contributed by atoms with Crippen molar-refractivity contribution in [2.45, 2.75) is 24.9 Å². The third-order valence-corrected chi connectivity index (χ3v) is 3.72. The van der Waals surface area contributed by atoms with Crippen molar-refractivity contribution in [3.05, 3.63) is 17.5 Å². The van der Waals surface area contributed by atoms with E-state index in [-0.39, 0.29) is 0 Å². The van der Waals surface area contributed by atoms with Gasteiger partial charge >= 0.3 is 0 Å². The van der Waals surface area contributed by atoms with Crippen molar-refractivity contribution in [1.29, 1.82) is 0 Å². The van der Waals surface area contributed by atoms with Gasteiger partial charge in [0.05, 0.1) is 0 Å². The molecule has 0 aliphatic carbocycles. The molecule has 3 rings (SSSR count). The lowest BCUT2D eigenvalue weighted by atomic mass is 10.2. The minimum atomic E-state index is 0.343. The Labute approximate surface area is 100 Å². The maximum absolute atomic E-state index is 5.85. The van der Waals surface area contributed by atoms with Crippen molar-refractivity contribution in [3.63, 3.8) is 0 Å². The molecule has 1 aromatic heterocycles. The molecular formula is C11H15ClN4. The quantitative estimate of drug-likeness (QED) is 0.693. The molecule has 2 bridgehead atoms. The first-order valence-electron chi connectivity index (χ1n) is 5.69. The zero-order valence-electron chi connectivity index (χ0n) is 9.30. The number of rotatable bonds is 1. The molecule has 86 valence electrons. The number of aromatic nitrogens is 2. The van der Waals surface area contributed by atoms with Crippen LogP contribution in [0.1, 0.15) is 12.8 Å². The van der Waals surface area contributed by atoms with Crippen LogP contribution in [0.5, 0.6) is 0 Å². The van der Waals surface area contributed by atoms with Gasteiger partial charge in [-0.1, -0.05) is 0 Å². The van der Waals surface area contributed by atoms with Crippen LogP contribution < -0.4 is 4.90 Å². The van der Waals surface area contributed by atoms with Crippen LogP contribution in [0, 0.1) is 0 Å². The van der Waals surface area contributed by atoms with Gasteiger partial charge in [-0.05, 0) is 37.6 Å². The number of nitrogens with zero attached hydrogens (tertiary/aromatic N) is 4. The summed E-state index contributed by atoms with van der Waals surface area (Å²) in [6, 6.07) is 3.15. The Morgan fingerprint density at radius 1 is 1.31 bits per heavy atom. The molecular weight excluding hydrogens is 224 g/mol. The standard InChI is InChI=1S/C11H15ClN4/c1-15-6-8-2-3-9(7-15)16(8)10-4-5-13-11(12)14-10/h4-5,8-9H,2-3,6-7H2,1H3/t8-,9+. The van der Waals surface area contributed by atoms with Crippen LogP contribution in [0.3, 0.4) is 0 Å². The highest BCUT2D eigenvalue weighted by Gasteiger charge is 2.39. The van der Waals surface area contributed by atoms with Gasteiger partial charge in [-0.2, -0.15) is 0 Å². The number of likely N-dealkylation sites (tertiary alicyclic amines) is 1. The maximum Gasteiger partial charge on any atom is 0.224 e. The normalized spacial score (nSPS) is 29.8. The van der Waals surface area contributed by atoms with Gasteiger partial charge < -0.3 is 9.80 Å². The zero-order chi connectivity index (χ0) is 11.1. The Balaban J connectivity index is 1.91. The molecule has 2 saturated heterocycles. The average Bonchev–Trinajstić information content (AvgIpc) is 2.51. The van der Waals surface area contributed by atoms with Crippen LogP contribution >= 0.6 is 11.6 Å². The molecule has 0 spiro atoms. The fraction of sp³-hybridized carbons (Fsp3) is 0.636. The first-order chi connectivity index (χ1) is 7.74. The van der Waals surface area contributed by atoms with Gasteiger partial charge in [-0.15, -0.1) is 0 Å². The van der Waals surface area contributed by atoms with Crippen LogP contribution in [0.25, 0.3) is 0 Å². The Hall–Kier alpha value is -0.870. The predicted molar refractivity (Wildman–Crippen MR) is 63.8 cm³/mol. The fourth-order valence-corrected chi connectivity index (χ4v) is 3.10. The second kappa shape index (κ2) is 3.86. The van der Waals surface area contributed by atoms with E-state index in [9.17, 15) is 0 Å². The van der Waals surface area contributed by atoms with Crippen LogP contribution in [0.15, 0.2) is 12.3 Å². The molecule has 4 nitrogen and oxygen atoms in total. The summed E-state index contributed by atoms with van der Waals surface area (Å²) in [4.78, 5) is 13.1. The maximum atomic E-state index is 5.85. The summed E-state index contributed by atoms with van der Waals surface area (Å²) >= 11 is 5.85. The number of hydrogen-bond donors (Lipinski definition) is 0. The molecule has 2 fully saturated rings. The molecule has 2 aliphatic heterocycles. The monoisotopic (exact) mass is 238 g/mol. The van der Waals surface area contributed by atoms with Crippen molar-refractivity contribution in [3.8, 4) is 0 Å². The summed E-state index contributed by atoms with van der Waals surface area (Å²) in [7, 11) is 2.19. The van der Waals surface area contributed by atoms with E-state index in [0.717, 1.165) is 18.9 Å². The topological polar surface area (TPSA) is 32.3 Å². The number of likely N-dealkylation sites (N-methyl/N-ethyl adjacent to an activating group) is 1.